The van der Waals surface area contributed by atoms with Crippen molar-refractivity contribution in [3.05, 3.63) is 17.9 Å². The van der Waals surface area contributed by atoms with Crippen molar-refractivity contribution in [2.75, 3.05) is 0 Å². The average molecular weight is 154 g/mol. The quantitative estimate of drug-likeness (QED) is 0.628. The van der Waals surface area contributed by atoms with Gasteiger partial charge in [0.1, 0.15) is 11.8 Å². The van der Waals surface area contributed by atoms with E-state index >= 15 is 0 Å². The van der Waals surface area contributed by atoms with Crippen LogP contribution < -0.4 is 5.48 Å². The van der Waals surface area contributed by atoms with Crippen molar-refractivity contribution in [3.8, 4) is 0 Å². The Hall–Kier alpha value is -0.500. The van der Waals surface area contributed by atoms with Gasteiger partial charge in [0.2, 0.25) is 0 Å². The van der Waals surface area contributed by atoms with Crippen molar-refractivity contribution in [1.82, 2.24) is 5.48 Å². The highest BCUT2D eigenvalue weighted by atomic mass is 16.7. The monoisotopic (exact) mass is 154 g/mol. The first-order valence-electron chi connectivity index (χ1n) is 4.30. The van der Waals surface area contributed by atoms with Crippen LogP contribution in [-0.4, -0.2) is 0 Å². The number of hydroxylamine groups is 1. The largest absolute Gasteiger partial charge is 0.413 e. The van der Waals surface area contributed by atoms with Gasteiger partial charge < -0.3 is 4.84 Å². The lowest BCUT2D eigenvalue weighted by atomic mass is 10.1. The lowest BCUT2D eigenvalue weighted by Crippen LogP contribution is -2.11. The van der Waals surface area contributed by atoms with Crippen LogP contribution >= 0.6 is 0 Å². The van der Waals surface area contributed by atoms with E-state index in [1.807, 2.05) is 6.92 Å². The summed E-state index contributed by atoms with van der Waals surface area (Å²) in [6.07, 6.45) is 7.02. The Morgan fingerprint density at radius 3 is 2.82 bits per heavy atom. The van der Waals surface area contributed by atoms with E-state index in [-0.39, 0.29) is 0 Å². The van der Waals surface area contributed by atoms with Crippen LogP contribution in [0.25, 0.3) is 0 Å². The molecular formula is C9H16NO. The van der Waals surface area contributed by atoms with Crippen LogP contribution in [0.15, 0.2) is 11.8 Å². The third-order valence-electron chi connectivity index (χ3n) is 1.77. The Balaban J connectivity index is 2.08. The van der Waals surface area contributed by atoms with Gasteiger partial charge in [0.25, 0.3) is 0 Å². The molecule has 0 unspecified atom stereocenters. The van der Waals surface area contributed by atoms with E-state index in [0.717, 1.165) is 12.2 Å². The van der Waals surface area contributed by atoms with Crippen molar-refractivity contribution in [2.45, 2.75) is 39.5 Å². The molecular weight excluding hydrogens is 138 g/mol. The highest BCUT2D eigenvalue weighted by Gasteiger charge is 2.13. The summed E-state index contributed by atoms with van der Waals surface area (Å²) in [6, 6.07) is 1.22. The zero-order valence-corrected chi connectivity index (χ0v) is 7.31. The van der Waals surface area contributed by atoms with E-state index in [9.17, 15) is 0 Å². The molecule has 0 aromatic heterocycles. The van der Waals surface area contributed by atoms with Crippen LogP contribution in [0.5, 0.6) is 0 Å². The molecule has 0 spiro atoms. The third kappa shape index (κ3) is 2.93. The minimum absolute atomic E-state index is 0.969. The number of rotatable bonds is 4. The Labute approximate surface area is 68.6 Å². The number of hydrogen-bond acceptors (Lipinski definition) is 2. The summed E-state index contributed by atoms with van der Waals surface area (Å²) >= 11 is 0. The Bertz CT molecular complexity index is 142. The Morgan fingerprint density at radius 2 is 2.27 bits per heavy atom. The van der Waals surface area contributed by atoms with E-state index in [2.05, 4.69) is 18.5 Å². The number of unbranched alkanes of at least 4 members (excludes halogenated alkanes) is 2. The van der Waals surface area contributed by atoms with E-state index in [1.54, 1.807) is 0 Å². The topological polar surface area (TPSA) is 21.3 Å². The Morgan fingerprint density at radius 1 is 1.45 bits per heavy atom. The van der Waals surface area contributed by atoms with Gasteiger partial charge in [-0.25, -0.2) is 0 Å². The van der Waals surface area contributed by atoms with Gasteiger partial charge in [0.15, 0.2) is 0 Å². The summed E-state index contributed by atoms with van der Waals surface area (Å²) in [5.74, 6) is 0.969. The zero-order chi connectivity index (χ0) is 8.10. The van der Waals surface area contributed by atoms with Gasteiger partial charge in [-0.2, -0.15) is 0 Å². The third-order valence-corrected chi connectivity index (χ3v) is 1.77. The molecule has 0 saturated carbocycles. The fourth-order valence-corrected chi connectivity index (χ4v) is 1.14. The predicted octanol–water partition coefficient (Wildman–Crippen LogP) is 2.54. The van der Waals surface area contributed by atoms with Gasteiger partial charge in [-0.05, 0) is 19.4 Å². The molecule has 0 aromatic rings. The molecule has 0 fully saturated rings. The van der Waals surface area contributed by atoms with Gasteiger partial charge in [-0.1, -0.05) is 26.2 Å². The average Bonchev–Trinajstić information content (AvgIpc) is 2.37. The number of hydrogen-bond donors (Lipinski definition) is 1. The lowest BCUT2D eigenvalue weighted by Gasteiger charge is -2.04. The molecule has 0 aromatic carbocycles. The minimum Gasteiger partial charge on any atom is -0.413 e. The zero-order valence-electron chi connectivity index (χ0n) is 7.31. The molecule has 1 heterocycles. The van der Waals surface area contributed by atoms with Crippen molar-refractivity contribution >= 4 is 0 Å². The van der Waals surface area contributed by atoms with E-state index in [4.69, 9.17) is 4.84 Å². The molecule has 1 rings (SSSR count). The molecule has 1 aliphatic heterocycles. The van der Waals surface area contributed by atoms with Crippen LogP contribution in [0.1, 0.15) is 39.5 Å². The van der Waals surface area contributed by atoms with Crippen LogP contribution in [0.4, 0.5) is 0 Å². The number of allylic oxidation sites excluding steroid dienone is 1. The lowest BCUT2D eigenvalue weighted by molar-refractivity contribution is 0.138. The summed E-state index contributed by atoms with van der Waals surface area (Å²) in [5.41, 5.74) is 2.89. The molecule has 0 bridgehead atoms. The van der Waals surface area contributed by atoms with Gasteiger partial charge in [-0.3, -0.25) is 0 Å². The molecule has 1 N–H and O–H groups in total. The predicted molar refractivity (Wildman–Crippen MR) is 45.4 cm³/mol. The van der Waals surface area contributed by atoms with Crippen LogP contribution in [-0.2, 0) is 4.84 Å². The first-order chi connectivity index (χ1) is 5.33. The van der Waals surface area contributed by atoms with E-state index in [0.29, 0.717) is 0 Å². The van der Waals surface area contributed by atoms with Crippen molar-refractivity contribution in [2.24, 2.45) is 0 Å². The molecule has 0 amide bonds. The molecule has 2 heteroatoms. The molecule has 2 nitrogen and oxygen atoms in total. The smallest absolute Gasteiger partial charge is 0.119 e. The van der Waals surface area contributed by atoms with Gasteiger partial charge in [0.05, 0.1) is 0 Å². The van der Waals surface area contributed by atoms with Gasteiger partial charge in [0, 0.05) is 0 Å². The SMILES string of the molecule is CCCCC[C]1C=C(C)ON1. The maximum Gasteiger partial charge on any atom is 0.119 e. The first kappa shape index (κ1) is 8.60. The summed E-state index contributed by atoms with van der Waals surface area (Å²) < 4.78 is 0. The molecule has 1 radical (unpaired) electrons. The van der Waals surface area contributed by atoms with Crippen molar-refractivity contribution in [3.63, 3.8) is 0 Å². The fourth-order valence-electron chi connectivity index (χ4n) is 1.14. The number of nitrogens with one attached hydrogen (secondary N) is 1. The van der Waals surface area contributed by atoms with Crippen LogP contribution in [0, 0.1) is 6.04 Å². The molecule has 1 aliphatic rings. The highest BCUT2D eigenvalue weighted by Crippen LogP contribution is 2.18. The standard InChI is InChI=1S/C9H16NO/c1-3-4-5-6-9-7-8(2)11-10-9/h7,10H,3-6H2,1-2H3. The normalized spacial score (nSPS) is 18.2. The maximum absolute atomic E-state index is 5.07. The van der Waals surface area contributed by atoms with Crippen LogP contribution in [0.2, 0.25) is 0 Å². The maximum atomic E-state index is 5.07. The molecule has 0 atom stereocenters. The summed E-state index contributed by atoms with van der Waals surface area (Å²) in [5, 5.41) is 0. The van der Waals surface area contributed by atoms with Crippen molar-refractivity contribution in [1.29, 1.82) is 0 Å². The van der Waals surface area contributed by atoms with Gasteiger partial charge in [-0.15, -0.1) is 5.48 Å². The summed E-state index contributed by atoms with van der Waals surface area (Å²) in [4.78, 5) is 5.07. The van der Waals surface area contributed by atoms with Crippen molar-refractivity contribution < 1.29 is 4.84 Å². The first-order valence-corrected chi connectivity index (χ1v) is 4.30. The van der Waals surface area contributed by atoms with E-state index in [1.165, 1.54) is 25.3 Å². The highest BCUT2D eigenvalue weighted by molar-refractivity contribution is 5.13. The second kappa shape index (κ2) is 4.39. The summed E-state index contributed by atoms with van der Waals surface area (Å²) in [6.45, 7) is 4.17. The van der Waals surface area contributed by atoms with Gasteiger partial charge >= 0.3 is 0 Å². The minimum atomic E-state index is 0.969. The summed E-state index contributed by atoms with van der Waals surface area (Å²) in [7, 11) is 0. The molecule has 0 saturated heterocycles. The molecule has 63 valence electrons. The second-order valence-corrected chi connectivity index (χ2v) is 2.94. The molecule has 11 heavy (non-hydrogen) atoms. The Kier molecular flexibility index (Phi) is 3.43. The second-order valence-electron chi connectivity index (χ2n) is 2.94. The molecule has 0 aliphatic carbocycles. The fraction of sp³-hybridized carbons (Fsp3) is 0.667. The van der Waals surface area contributed by atoms with Crippen LogP contribution in [0.3, 0.4) is 0 Å². The van der Waals surface area contributed by atoms with E-state index < -0.39 is 0 Å².